The fourth-order valence-electron chi connectivity index (χ4n) is 1.67. The van der Waals surface area contributed by atoms with Crippen LogP contribution in [0, 0.1) is 11.6 Å². The van der Waals surface area contributed by atoms with Crippen molar-refractivity contribution in [1.82, 2.24) is 4.90 Å². The maximum Gasteiger partial charge on any atom is 0.151 e. The lowest BCUT2D eigenvalue weighted by Gasteiger charge is -2.27. The number of rotatable bonds is 2. The Morgan fingerprint density at radius 1 is 1.29 bits per heavy atom. The van der Waals surface area contributed by atoms with Gasteiger partial charge >= 0.3 is 0 Å². The highest BCUT2D eigenvalue weighted by Crippen LogP contribution is 2.25. The molecule has 1 aliphatic heterocycles. The normalized spacial score (nSPS) is 15.5. The largest absolute Gasteiger partial charge is 0.362 e. The second kappa shape index (κ2) is 4.67. The summed E-state index contributed by atoms with van der Waals surface area (Å²) in [4.78, 5) is 1.85. The third-order valence-corrected chi connectivity index (χ3v) is 2.62. The molecule has 0 fully saturated rings. The van der Waals surface area contributed by atoms with Crippen molar-refractivity contribution in [2.45, 2.75) is 6.54 Å². The second-order valence-corrected chi connectivity index (χ2v) is 3.95. The summed E-state index contributed by atoms with van der Waals surface area (Å²) < 4.78 is 27.5. The van der Waals surface area contributed by atoms with E-state index in [4.69, 9.17) is 5.73 Å². The van der Waals surface area contributed by atoms with E-state index in [0.717, 1.165) is 0 Å². The van der Waals surface area contributed by atoms with E-state index >= 15 is 0 Å². The number of hydrogen-bond donors (Lipinski definition) is 1. The average Bonchev–Trinajstić information content (AvgIpc) is 2.30. The molecule has 0 atom stereocenters. The van der Waals surface area contributed by atoms with E-state index < -0.39 is 11.6 Å². The molecule has 2 rings (SSSR count). The molecule has 0 amide bonds. The summed E-state index contributed by atoms with van der Waals surface area (Å²) in [5.41, 5.74) is 5.66. The Kier molecular flexibility index (Phi) is 3.23. The van der Waals surface area contributed by atoms with Gasteiger partial charge in [0.15, 0.2) is 11.6 Å². The molecule has 1 aliphatic rings. The highest BCUT2D eigenvalue weighted by molar-refractivity contribution is 5.61. The number of likely N-dealkylation sites (N-methyl/N-ethyl adjacent to an activating group) is 1. The van der Waals surface area contributed by atoms with E-state index in [-0.39, 0.29) is 12.2 Å². The van der Waals surface area contributed by atoms with Crippen LogP contribution in [-0.2, 0) is 6.54 Å². The number of hydrazone groups is 1. The minimum atomic E-state index is -0.632. The van der Waals surface area contributed by atoms with E-state index in [9.17, 15) is 8.78 Å². The molecule has 0 saturated carbocycles. The van der Waals surface area contributed by atoms with Gasteiger partial charge in [0.05, 0.1) is 6.54 Å². The van der Waals surface area contributed by atoms with E-state index in [1.165, 1.54) is 17.1 Å². The quantitative estimate of drug-likeness (QED) is 0.842. The Labute approximate surface area is 98.3 Å². The smallest absolute Gasteiger partial charge is 0.151 e. The number of benzene rings is 1. The molecule has 6 heteroatoms. The molecule has 0 spiro atoms. The topological polar surface area (TPSA) is 44.9 Å². The molecular weight excluding hydrogens is 226 g/mol. The standard InChI is InChI=1S/C11H14F2N4/c1-16-2-3-17(15-7-16)11-9(12)4-8(6-14)5-10(11)13/h4-5,7H,2-3,6,14H2,1H3. The van der Waals surface area contributed by atoms with Gasteiger partial charge in [-0.15, -0.1) is 0 Å². The highest BCUT2D eigenvalue weighted by atomic mass is 19.1. The van der Waals surface area contributed by atoms with Crippen molar-refractivity contribution in [3.63, 3.8) is 0 Å². The fourth-order valence-corrected chi connectivity index (χ4v) is 1.67. The zero-order valence-corrected chi connectivity index (χ0v) is 9.53. The minimum absolute atomic E-state index is 0.111. The molecule has 0 bridgehead atoms. The van der Waals surface area contributed by atoms with Gasteiger partial charge in [-0.3, -0.25) is 5.01 Å². The van der Waals surface area contributed by atoms with Gasteiger partial charge in [-0.1, -0.05) is 0 Å². The number of anilines is 1. The van der Waals surface area contributed by atoms with Crippen LogP contribution in [0.4, 0.5) is 14.5 Å². The van der Waals surface area contributed by atoms with Gasteiger partial charge in [0.2, 0.25) is 0 Å². The Hall–Kier alpha value is -1.69. The van der Waals surface area contributed by atoms with Crippen LogP contribution in [0.2, 0.25) is 0 Å². The summed E-state index contributed by atoms with van der Waals surface area (Å²) in [6, 6.07) is 2.48. The van der Waals surface area contributed by atoms with Gasteiger partial charge in [0, 0.05) is 20.1 Å². The molecule has 0 saturated heterocycles. The highest BCUT2D eigenvalue weighted by Gasteiger charge is 2.19. The van der Waals surface area contributed by atoms with Crippen LogP contribution < -0.4 is 10.7 Å². The van der Waals surface area contributed by atoms with Crippen LogP contribution in [0.25, 0.3) is 0 Å². The summed E-state index contributed by atoms with van der Waals surface area (Å²) in [6.07, 6.45) is 1.54. The zero-order chi connectivity index (χ0) is 12.4. The van der Waals surface area contributed by atoms with Crippen molar-refractivity contribution in [2.75, 3.05) is 25.1 Å². The first kappa shape index (κ1) is 11.8. The van der Waals surface area contributed by atoms with Crippen LogP contribution in [0.5, 0.6) is 0 Å². The summed E-state index contributed by atoms with van der Waals surface area (Å²) in [5, 5.41) is 5.31. The Morgan fingerprint density at radius 2 is 1.94 bits per heavy atom. The van der Waals surface area contributed by atoms with Crippen LogP contribution in [0.3, 0.4) is 0 Å². The van der Waals surface area contributed by atoms with E-state index in [1.54, 1.807) is 6.34 Å². The van der Waals surface area contributed by atoms with Gasteiger partial charge in [-0.25, -0.2) is 8.78 Å². The predicted molar refractivity (Wildman–Crippen MR) is 62.7 cm³/mol. The minimum Gasteiger partial charge on any atom is -0.362 e. The fraction of sp³-hybridized carbons (Fsp3) is 0.364. The maximum absolute atomic E-state index is 13.8. The van der Waals surface area contributed by atoms with Crippen molar-refractivity contribution < 1.29 is 8.78 Å². The summed E-state index contributed by atoms with van der Waals surface area (Å²) in [5.74, 6) is -1.26. The molecule has 17 heavy (non-hydrogen) atoms. The van der Waals surface area contributed by atoms with Gasteiger partial charge in [-0.05, 0) is 17.7 Å². The van der Waals surface area contributed by atoms with Gasteiger partial charge in [0.25, 0.3) is 0 Å². The van der Waals surface area contributed by atoms with Crippen molar-refractivity contribution in [2.24, 2.45) is 10.8 Å². The third-order valence-electron chi connectivity index (χ3n) is 2.62. The van der Waals surface area contributed by atoms with Gasteiger partial charge in [-0.2, -0.15) is 5.10 Å². The molecule has 1 aromatic rings. The SMILES string of the molecule is CN1C=NN(c2c(F)cc(CN)cc2F)CC1. The third kappa shape index (κ3) is 2.36. The van der Waals surface area contributed by atoms with E-state index in [0.29, 0.717) is 18.7 Å². The van der Waals surface area contributed by atoms with Crippen LogP contribution in [0.1, 0.15) is 5.56 Å². The lowest BCUT2D eigenvalue weighted by molar-refractivity contribution is 0.482. The van der Waals surface area contributed by atoms with Crippen molar-refractivity contribution in [1.29, 1.82) is 0 Å². The number of nitrogens with two attached hydrogens (primary N) is 1. The number of halogens is 2. The Balaban J connectivity index is 2.36. The number of hydrogen-bond acceptors (Lipinski definition) is 4. The van der Waals surface area contributed by atoms with Crippen molar-refractivity contribution >= 4 is 12.0 Å². The molecule has 0 unspecified atom stereocenters. The van der Waals surface area contributed by atoms with Crippen LogP contribution >= 0.6 is 0 Å². The summed E-state index contributed by atoms with van der Waals surface area (Å²) >= 11 is 0. The second-order valence-electron chi connectivity index (χ2n) is 3.95. The Morgan fingerprint density at radius 3 is 2.41 bits per heavy atom. The first-order valence-corrected chi connectivity index (χ1v) is 5.31. The molecule has 0 aromatic heterocycles. The molecule has 1 aromatic carbocycles. The predicted octanol–water partition coefficient (Wildman–Crippen LogP) is 1.12. The zero-order valence-electron chi connectivity index (χ0n) is 9.53. The summed E-state index contributed by atoms with van der Waals surface area (Å²) in [6.45, 7) is 1.23. The van der Waals surface area contributed by atoms with Crippen LogP contribution in [0.15, 0.2) is 17.2 Å². The molecule has 2 N–H and O–H groups in total. The molecule has 0 aliphatic carbocycles. The maximum atomic E-state index is 13.8. The first-order chi connectivity index (χ1) is 8.11. The lowest BCUT2D eigenvalue weighted by atomic mass is 10.2. The molecule has 92 valence electrons. The average molecular weight is 240 g/mol. The van der Waals surface area contributed by atoms with Gasteiger partial charge < -0.3 is 10.6 Å². The monoisotopic (exact) mass is 240 g/mol. The van der Waals surface area contributed by atoms with Gasteiger partial charge in [0.1, 0.15) is 12.0 Å². The summed E-state index contributed by atoms with van der Waals surface area (Å²) in [7, 11) is 1.85. The van der Waals surface area contributed by atoms with Crippen LogP contribution in [-0.4, -0.2) is 31.4 Å². The Bertz CT molecular complexity index is 424. The van der Waals surface area contributed by atoms with Crippen molar-refractivity contribution in [3.05, 3.63) is 29.3 Å². The lowest BCUT2D eigenvalue weighted by Crippen LogP contribution is -2.36. The van der Waals surface area contributed by atoms with E-state index in [2.05, 4.69) is 5.10 Å². The van der Waals surface area contributed by atoms with E-state index in [1.807, 2.05) is 11.9 Å². The molecular formula is C11H14F2N4. The molecule has 1 heterocycles. The number of nitrogens with zero attached hydrogens (tertiary/aromatic N) is 3. The molecule has 0 radical (unpaired) electrons. The first-order valence-electron chi connectivity index (χ1n) is 5.31. The van der Waals surface area contributed by atoms with Crippen molar-refractivity contribution in [3.8, 4) is 0 Å². The molecule has 4 nitrogen and oxygen atoms in total.